The Morgan fingerprint density at radius 2 is 1.92 bits per heavy atom. The lowest BCUT2D eigenvalue weighted by Crippen LogP contribution is -2.34. The van der Waals surface area contributed by atoms with Crippen molar-refractivity contribution in [2.24, 2.45) is 0 Å². The Balaban J connectivity index is 2.37. The maximum absolute atomic E-state index is 12.6. The van der Waals surface area contributed by atoms with Gasteiger partial charge < -0.3 is 10.1 Å². The summed E-state index contributed by atoms with van der Waals surface area (Å²) in [7, 11) is 1.30. The first kappa shape index (κ1) is 18.9. The number of nitrogens with zero attached hydrogens (tertiary/aromatic N) is 2. The molecule has 0 aliphatic carbocycles. The molecule has 1 unspecified atom stereocenters. The fourth-order valence-electron chi connectivity index (χ4n) is 2.63. The molecule has 1 amide bonds. The Morgan fingerprint density at radius 3 is 2.48 bits per heavy atom. The quantitative estimate of drug-likeness (QED) is 0.843. The second-order valence-corrected chi connectivity index (χ2v) is 7.06. The third-order valence-electron chi connectivity index (χ3n) is 4.05. The molecular weight excluding hydrogens is 342 g/mol. The molecular formula is C17H21N3O4S. The van der Waals surface area contributed by atoms with Gasteiger partial charge in [0.25, 0.3) is 0 Å². The largest absolute Gasteiger partial charge is 0.465 e. The van der Waals surface area contributed by atoms with E-state index in [1.165, 1.54) is 23.0 Å². The standard InChI is InChI=1S/C17H21N3O4S/c1-8-7-9(2)20(17(23)18-8)11(4)14(21)19-15-13(16(22)24-6)10(3)12(5)25-15/h7,11H,1-6H3,(H,19,21). The zero-order valence-electron chi connectivity index (χ0n) is 15.1. The number of aromatic nitrogens is 2. The molecule has 1 N–H and O–H groups in total. The first-order chi connectivity index (χ1) is 11.7. The number of anilines is 1. The van der Waals surface area contributed by atoms with Gasteiger partial charge in [-0.3, -0.25) is 9.36 Å². The van der Waals surface area contributed by atoms with E-state index >= 15 is 0 Å². The van der Waals surface area contributed by atoms with Crippen molar-refractivity contribution >= 4 is 28.2 Å². The number of esters is 1. The summed E-state index contributed by atoms with van der Waals surface area (Å²) in [5.74, 6) is -0.905. The molecule has 0 aliphatic rings. The molecule has 0 spiro atoms. The number of ether oxygens (including phenoxy) is 1. The number of hydrogen-bond acceptors (Lipinski definition) is 6. The first-order valence-corrected chi connectivity index (χ1v) is 8.55. The van der Waals surface area contributed by atoms with Gasteiger partial charge in [0, 0.05) is 16.3 Å². The van der Waals surface area contributed by atoms with Crippen LogP contribution in [-0.2, 0) is 9.53 Å². The molecule has 0 radical (unpaired) electrons. The molecule has 2 aromatic rings. The molecule has 134 valence electrons. The van der Waals surface area contributed by atoms with Gasteiger partial charge in [0.15, 0.2) is 0 Å². The number of rotatable bonds is 4. The zero-order chi connectivity index (χ0) is 18.9. The number of hydrogen-bond donors (Lipinski definition) is 1. The molecule has 7 nitrogen and oxygen atoms in total. The van der Waals surface area contributed by atoms with Crippen LogP contribution in [0.2, 0.25) is 0 Å². The Kier molecular flexibility index (Phi) is 5.42. The topological polar surface area (TPSA) is 90.3 Å². The molecule has 0 aromatic carbocycles. The minimum absolute atomic E-state index is 0.344. The number of methoxy groups -OCH3 is 1. The number of thiophene rings is 1. The number of nitrogens with one attached hydrogen (secondary N) is 1. The van der Waals surface area contributed by atoms with Gasteiger partial charge in [-0.1, -0.05) is 0 Å². The van der Waals surface area contributed by atoms with Crippen molar-refractivity contribution < 1.29 is 14.3 Å². The van der Waals surface area contributed by atoms with Gasteiger partial charge in [0.2, 0.25) is 5.91 Å². The smallest absolute Gasteiger partial charge is 0.348 e. The summed E-state index contributed by atoms with van der Waals surface area (Å²) in [6.45, 7) is 8.76. The van der Waals surface area contributed by atoms with Gasteiger partial charge >= 0.3 is 11.7 Å². The summed E-state index contributed by atoms with van der Waals surface area (Å²) < 4.78 is 6.13. The van der Waals surface area contributed by atoms with Crippen LogP contribution in [0.5, 0.6) is 0 Å². The molecule has 0 fully saturated rings. The Morgan fingerprint density at radius 1 is 1.28 bits per heavy atom. The van der Waals surface area contributed by atoms with E-state index in [1.807, 2.05) is 6.92 Å². The van der Waals surface area contributed by atoms with Crippen molar-refractivity contribution in [2.75, 3.05) is 12.4 Å². The maximum Gasteiger partial charge on any atom is 0.348 e. The summed E-state index contributed by atoms with van der Waals surface area (Å²) in [5.41, 5.74) is 1.88. The number of carbonyl (C=O) groups is 2. The Bertz CT molecular complexity index is 898. The molecule has 0 aliphatic heterocycles. The van der Waals surface area contributed by atoms with E-state index in [4.69, 9.17) is 4.74 Å². The van der Waals surface area contributed by atoms with Gasteiger partial charge in [-0.2, -0.15) is 4.98 Å². The Labute approximate surface area is 149 Å². The van der Waals surface area contributed by atoms with E-state index in [1.54, 1.807) is 33.8 Å². The highest BCUT2D eigenvalue weighted by molar-refractivity contribution is 7.16. The predicted octanol–water partition coefficient (Wildman–Crippen LogP) is 2.52. The van der Waals surface area contributed by atoms with Gasteiger partial charge in [0.1, 0.15) is 11.0 Å². The summed E-state index contributed by atoms with van der Waals surface area (Å²) >= 11 is 1.30. The molecule has 2 heterocycles. The summed E-state index contributed by atoms with van der Waals surface area (Å²) in [6.07, 6.45) is 0. The zero-order valence-corrected chi connectivity index (χ0v) is 15.9. The molecule has 1 atom stereocenters. The van der Waals surface area contributed by atoms with Gasteiger partial charge in [0.05, 0.1) is 12.7 Å². The van der Waals surface area contributed by atoms with E-state index in [2.05, 4.69) is 10.3 Å². The highest BCUT2D eigenvalue weighted by Gasteiger charge is 2.25. The molecule has 2 rings (SSSR count). The van der Waals surface area contributed by atoms with E-state index in [9.17, 15) is 14.4 Å². The molecule has 0 bridgehead atoms. The Hall–Kier alpha value is -2.48. The van der Waals surface area contributed by atoms with Crippen molar-refractivity contribution in [3.63, 3.8) is 0 Å². The summed E-state index contributed by atoms with van der Waals surface area (Å²) in [5, 5.41) is 3.17. The highest BCUT2D eigenvalue weighted by atomic mass is 32.1. The maximum atomic E-state index is 12.6. The number of carbonyl (C=O) groups excluding carboxylic acids is 2. The fraction of sp³-hybridized carbons (Fsp3) is 0.412. The SMILES string of the molecule is COC(=O)c1c(NC(=O)C(C)n2c(C)cc(C)nc2=O)sc(C)c1C. The van der Waals surface area contributed by atoms with Gasteiger partial charge in [-0.25, -0.2) is 9.59 Å². The molecule has 0 saturated heterocycles. The number of amides is 1. The van der Waals surface area contributed by atoms with Crippen molar-refractivity contribution in [3.05, 3.63) is 43.9 Å². The van der Waals surface area contributed by atoms with Crippen LogP contribution in [0.1, 0.15) is 45.2 Å². The van der Waals surface area contributed by atoms with Crippen LogP contribution in [0.3, 0.4) is 0 Å². The van der Waals surface area contributed by atoms with Crippen molar-refractivity contribution in [3.8, 4) is 0 Å². The van der Waals surface area contributed by atoms with E-state index in [-0.39, 0.29) is 0 Å². The lowest BCUT2D eigenvalue weighted by atomic mass is 10.1. The van der Waals surface area contributed by atoms with E-state index in [0.717, 1.165) is 10.4 Å². The van der Waals surface area contributed by atoms with Crippen molar-refractivity contribution in [2.45, 2.75) is 40.7 Å². The van der Waals surface area contributed by atoms with E-state index in [0.29, 0.717) is 22.0 Å². The van der Waals surface area contributed by atoms with Crippen molar-refractivity contribution in [1.29, 1.82) is 0 Å². The minimum Gasteiger partial charge on any atom is -0.465 e. The first-order valence-electron chi connectivity index (χ1n) is 7.73. The lowest BCUT2D eigenvalue weighted by Gasteiger charge is -2.17. The minimum atomic E-state index is -0.770. The monoisotopic (exact) mass is 363 g/mol. The average molecular weight is 363 g/mol. The second kappa shape index (κ2) is 7.18. The third-order valence-corrected chi connectivity index (χ3v) is 5.18. The normalized spacial score (nSPS) is 11.9. The second-order valence-electron chi connectivity index (χ2n) is 5.84. The molecule has 25 heavy (non-hydrogen) atoms. The van der Waals surface area contributed by atoms with Crippen LogP contribution in [0.4, 0.5) is 5.00 Å². The van der Waals surface area contributed by atoms with Crippen LogP contribution in [0.25, 0.3) is 0 Å². The highest BCUT2D eigenvalue weighted by Crippen LogP contribution is 2.33. The van der Waals surface area contributed by atoms with Crippen LogP contribution >= 0.6 is 11.3 Å². The van der Waals surface area contributed by atoms with Crippen molar-refractivity contribution in [1.82, 2.24) is 9.55 Å². The summed E-state index contributed by atoms with van der Waals surface area (Å²) in [6, 6.07) is 0.971. The summed E-state index contributed by atoms with van der Waals surface area (Å²) in [4.78, 5) is 41.6. The molecule has 2 aromatic heterocycles. The van der Waals surface area contributed by atoms with Crippen LogP contribution in [0.15, 0.2) is 10.9 Å². The third kappa shape index (κ3) is 3.63. The van der Waals surface area contributed by atoms with Crippen LogP contribution < -0.4 is 11.0 Å². The van der Waals surface area contributed by atoms with Crippen LogP contribution in [-0.4, -0.2) is 28.5 Å². The average Bonchev–Trinajstić information content (AvgIpc) is 2.79. The van der Waals surface area contributed by atoms with Gasteiger partial charge in [-0.05, 0) is 46.2 Å². The fourth-order valence-corrected chi connectivity index (χ4v) is 3.68. The van der Waals surface area contributed by atoms with Gasteiger partial charge in [-0.15, -0.1) is 11.3 Å². The molecule has 0 saturated carbocycles. The lowest BCUT2D eigenvalue weighted by molar-refractivity contribution is -0.118. The number of aryl methyl sites for hydroxylation is 3. The predicted molar refractivity (Wildman–Crippen MR) is 96.4 cm³/mol. The van der Waals surface area contributed by atoms with Crippen LogP contribution in [0, 0.1) is 27.7 Å². The molecule has 8 heteroatoms. The van der Waals surface area contributed by atoms with E-state index < -0.39 is 23.6 Å².